The fourth-order valence-electron chi connectivity index (χ4n) is 2.37. The molecule has 1 aliphatic carbocycles. The molecule has 22 heavy (non-hydrogen) atoms. The minimum absolute atomic E-state index is 0.133. The Balaban J connectivity index is 1.94. The van der Waals surface area contributed by atoms with Crippen LogP contribution in [0.1, 0.15) is 18.4 Å². The number of nitriles is 1. The van der Waals surface area contributed by atoms with Crippen LogP contribution in [0.25, 0.3) is 0 Å². The van der Waals surface area contributed by atoms with Crippen LogP contribution in [0.4, 0.5) is 0 Å². The Labute approximate surface area is 131 Å². The predicted molar refractivity (Wildman–Crippen MR) is 87.6 cm³/mol. The van der Waals surface area contributed by atoms with Gasteiger partial charge < -0.3 is 0 Å². The summed E-state index contributed by atoms with van der Waals surface area (Å²) in [7, 11) is 0. The van der Waals surface area contributed by atoms with E-state index in [9.17, 15) is 4.79 Å². The number of ketones is 1. The molecule has 0 fully saturated rings. The molecule has 1 unspecified atom stereocenters. The molecule has 2 nitrogen and oxygen atoms in total. The zero-order valence-electron chi connectivity index (χ0n) is 12.3. The van der Waals surface area contributed by atoms with Crippen LogP contribution in [0, 0.1) is 29.1 Å². The minimum atomic E-state index is -0.629. The van der Waals surface area contributed by atoms with Crippen LogP contribution in [0.15, 0.2) is 66.3 Å². The van der Waals surface area contributed by atoms with Gasteiger partial charge in [0.25, 0.3) is 0 Å². The van der Waals surface area contributed by atoms with Gasteiger partial charge in [0.2, 0.25) is 0 Å². The molecule has 0 radical (unpaired) electrons. The third kappa shape index (κ3) is 3.84. The van der Waals surface area contributed by atoms with Crippen molar-refractivity contribution in [1.82, 2.24) is 0 Å². The highest BCUT2D eigenvalue weighted by Crippen LogP contribution is 2.31. The van der Waals surface area contributed by atoms with Crippen molar-refractivity contribution in [2.75, 3.05) is 0 Å². The molecule has 0 bridgehead atoms. The van der Waals surface area contributed by atoms with Gasteiger partial charge in [-0.1, -0.05) is 54.5 Å². The summed E-state index contributed by atoms with van der Waals surface area (Å²) in [5.74, 6) is 2.44. The SMILES string of the molecule is C#CC1(CCC=CCc2ccccc2)C=CC(=O)C(C#N)=C1. The molecule has 0 saturated heterocycles. The number of benzene rings is 1. The summed E-state index contributed by atoms with van der Waals surface area (Å²) >= 11 is 0. The second kappa shape index (κ2) is 7.25. The Hall–Kier alpha value is -2.84. The molecule has 0 aliphatic heterocycles. The Bertz CT molecular complexity index is 710. The van der Waals surface area contributed by atoms with Gasteiger partial charge in [-0.2, -0.15) is 5.26 Å². The van der Waals surface area contributed by atoms with Crippen molar-refractivity contribution in [3.63, 3.8) is 0 Å². The molecule has 0 heterocycles. The number of nitrogens with zero attached hydrogens (tertiary/aromatic N) is 1. The highest BCUT2D eigenvalue weighted by atomic mass is 16.1. The molecule has 1 aromatic carbocycles. The first-order valence-electron chi connectivity index (χ1n) is 7.22. The number of carbonyl (C=O) groups is 1. The fourth-order valence-corrected chi connectivity index (χ4v) is 2.37. The lowest BCUT2D eigenvalue weighted by Gasteiger charge is -2.23. The number of hydrogen-bond acceptors (Lipinski definition) is 2. The first-order valence-corrected chi connectivity index (χ1v) is 7.22. The molecule has 0 aromatic heterocycles. The molecule has 1 aliphatic rings. The third-order valence-corrected chi connectivity index (χ3v) is 3.68. The second-order valence-corrected chi connectivity index (χ2v) is 5.25. The van der Waals surface area contributed by atoms with Crippen molar-refractivity contribution in [2.24, 2.45) is 5.41 Å². The summed E-state index contributed by atoms with van der Waals surface area (Å²) in [4.78, 5) is 11.5. The molecule has 1 atom stereocenters. The lowest BCUT2D eigenvalue weighted by atomic mass is 9.78. The molecule has 0 N–H and O–H groups in total. The Morgan fingerprint density at radius 2 is 2.00 bits per heavy atom. The van der Waals surface area contributed by atoms with Gasteiger partial charge in [0.15, 0.2) is 5.78 Å². The van der Waals surface area contributed by atoms with Crippen molar-refractivity contribution < 1.29 is 4.79 Å². The van der Waals surface area contributed by atoms with Crippen LogP contribution in [-0.4, -0.2) is 5.78 Å². The first-order chi connectivity index (χ1) is 10.7. The van der Waals surface area contributed by atoms with Gasteiger partial charge in [-0.05, 0) is 37.0 Å². The lowest BCUT2D eigenvalue weighted by Crippen LogP contribution is -2.19. The van der Waals surface area contributed by atoms with E-state index in [1.54, 1.807) is 12.2 Å². The topological polar surface area (TPSA) is 40.9 Å². The molecule has 0 spiro atoms. The van der Waals surface area contributed by atoms with Crippen molar-refractivity contribution in [3.05, 3.63) is 71.8 Å². The number of carbonyl (C=O) groups excluding carboxylic acids is 1. The molecular weight excluding hydrogens is 270 g/mol. The molecule has 2 heteroatoms. The van der Waals surface area contributed by atoms with Crippen LogP contribution >= 0.6 is 0 Å². The van der Waals surface area contributed by atoms with Crippen molar-refractivity contribution in [2.45, 2.75) is 19.3 Å². The highest BCUT2D eigenvalue weighted by Gasteiger charge is 2.27. The van der Waals surface area contributed by atoms with Crippen LogP contribution in [-0.2, 0) is 11.2 Å². The quantitative estimate of drug-likeness (QED) is 0.611. The van der Waals surface area contributed by atoms with Crippen LogP contribution in [0.3, 0.4) is 0 Å². The van der Waals surface area contributed by atoms with Gasteiger partial charge in [0.05, 0.1) is 11.0 Å². The zero-order chi connectivity index (χ0) is 15.8. The normalized spacial score (nSPS) is 20.5. The molecular formula is C20H17NO. The van der Waals surface area contributed by atoms with Crippen LogP contribution in [0.2, 0.25) is 0 Å². The standard InChI is InChI=1S/C20H17NO/c1-2-20(14-12-19(22)18(15-20)16-21)13-8-4-7-11-17-9-5-3-6-10-17/h1,3-7,9-10,12,14-15H,8,11,13H2. The van der Waals surface area contributed by atoms with Gasteiger partial charge in [-0.15, -0.1) is 6.42 Å². The van der Waals surface area contributed by atoms with Crippen LogP contribution in [0.5, 0.6) is 0 Å². The van der Waals surface area contributed by atoms with E-state index in [0.29, 0.717) is 6.42 Å². The predicted octanol–water partition coefficient (Wildman–Crippen LogP) is 3.77. The summed E-state index contributed by atoms with van der Waals surface area (Å²) in [6, 6.07) is 12.1. The summed E-state index contributed by atoms with van der Waals surface area (Å²) in [5.41, 5.74) is 0.768. The van der Waals surface area contributed by atoms with E-state index in [1.165, 1.54) is 11.6 Å². The minimum Gasteiger partial charge on any atom is -0.289 e. The van der Waals surface area contributed by atoms with Gasteiger partial charge >= 0.3 is 0 Å². The molecule has 0 amide bonds. The maximum absolute atomic E-state index is 11.5. The number of terminal acetylenes is 1. The highest BCUT2D eigenvalue weighted by molar-refractivity contribution is 6.08. The van der Waals surface area contributed by atoms with E-state index >= 15 is 0 Å². The molecule has 2 rings (SSSR count). The van der Waals surface area contributed by atoms with E-state index in [0.717, 1.165) is 12.8 Å². The summed E-state index contributed by atoms with van der Waals surface area (Å²) in [5, 5.41) is 8.97. The molecule has 108 valence electrons. The maximum atomic E-state index is 11.5. The lowest BCUT2D eigenvalue weighted by molar-refractivity contribution is -0.111. The van der Waals surface area contributed by atoms with E-state index in [4.69, 9.17) is 11.7 Å². The van der Waals surface area contributed by atoms with Gasteiger partial charge in [-0.25, -0.2) is 0 Å². The van der Waals surface area contributed by atoms with E-state index in [1.807, 2.05) is 24.3 Å². The molecule has 0 saturated carbocycles. The number of allylic oxidation sites excluding steroid dienone is 6. The number of rotatable bonds is 5. The van der Waals surface area contributed by atoms with Crippen molar-refractivity contribution in [3.8, 4) is 18.4 Å². The van der Waals surface area contributed by atoms with Crippen LogP contribution < -0.4 is 0 Å². The van der Waals surface area contributed by atoms with E-state index in [-0.39, 0.29) is 11.4 Å². The zero-order valence-corrected chi connectivity index (χ0v) is 12.3. The smallest absolute Gasteiger partial charge is 0.195 e. The Kier molecular flexibility index (Phi) is 5.12. The number of hydrogen-bond donors (Lipinski definition) is 0. The van der Waals surface area contributed by atoms with Gasteiger partial charge in [0, 0.05) is 0 Å². The average Bonchev–Trinajstić information content (AvgIpc) is 2.57. The Morgan fingerprint density at radius 3 is 2.68 bits per heavy atom. The molecule has 1 aromatic rings. The van der Waals surface area contributed by atoms with E-state index < -0.39 is 5.41 Å². The summed E-state index contributed by atoms with van der Waals surface area (Å²) < 4.78 is 0. The van der Waals surface area contributed by atoms with Gasteiger partial charge in [0.1, 0.15) is 6.07 Å². The Morgan fingerprint density at radius 1 is 1.23 bits per heavy atom. The fraction of sp³-hybridized carbons (Fsp3) is 0.200. The summed E-state index contributed by atoms with van der Waals surface area (Å²) in [6.45, 7) is 0. The monoisotopic (exact) mass is 287 g/mol. The van der Waals surface area contributed by atoms with Crippen molar-refractivity contribution >= 4 is 5.78 Å². The maximum Gasteiger partial charge on any atom is 0.195 e. The first kappa shape index (κ1) is 15.5. The summed E-state index contributed by atoms with van der Waals surface area (Å²) in [6.07, 6.45) is 16.9. The average molecular weight is 287 g/mol. The van der Waals surface area contributed by atoms with Crippen molar-refractivity contribution in [1.29, 1.82) is 5.26 Å². The second-order valence-electron chi connectivity index (χ2n) is 5.25. The largest absolute Gasteiger partial charge is 0.289 e. The van der Waals surface area contributed by atoms with E-state index in [2.05, 4.69) is 30.2 Å². The van der Waals surface area contributed by atoms with Gasteiger partial charge in [-0.3, -0.25) is 4.79 Å². The third-order valence-electron chi connectivity index (χ3n) is 3.68.